The molecule has 0 amide bonds. The van der Waals surface area contributed by atoms with Crippen LogP contribution >= 0.6 is 11.6 Å². The molecule has 0 aliphatic heterocycles. The molecule has 1 heterocycles. The molecule has 0 aliphatic rings. The third kappa shape index (κ3) is 4.99. The number of sulfonamides is 1. The van der Waals surface area contributed by atoms with Gasteiger partial charge in [-0.1, -0.05) is 11.6 Å². The number of pyridine rings is 1. The van der Waals surface area contributed by atoms with Crippen LogP contribution in [0.1, 0.15) is 13.3 Å². The van der Waals surface area contributed by atoms with Gasteiger partial charge in [0.25, 0.3) is 0 Å². The van der Waals surface area contributed by atoms with Gasteiger partial charge in [0.15, 0.2) is 0 Å². The van der Waals surface area contributed by atoms with Crippen molar-refractivity contribution >= 4 is 21.6 Å². The van der Waals surface area contributed by atoms with Crippen LogP contribution in [0, 0.1) is 0 Å². The van der Waals surface area contributed by atoms with E-state index in [1.54, 1.807) is 0 Å². The van der Waals surface area contributed by atoms with Gasteiger partial charge in [0, 0.05) is 26.0 Å². The van der Waals surface area contributed by atoms with E-state index in [1.165, 1.54) is 18.3 Å². The van der Waals surface area contributed by atoms with Gasteiger partial charge in [-0.15, -0.1) is 0 Å². The molecule has 5 nitrogen and oxygen atoms in total. The molecular weight excluding hydrogens is 264 g/mol. The second-order valence-corrected chi connectivity index (χ2v) is 5.42. The van der Waals surface area contributed by atoms with Crippen molar-refractivity contribution in [2.45, 2.75) is 18.2 Å². The summed E-state index contributed by atoms with van der Waals surface area (Å²) in [4.78, 5) is 3.83. The lowest BCUT2D eigenvalue weighted by Gasteiger charge is -2.06. The van der Waals surface area contributed by atoms with Gasteiger partial charge in [0.1, 0.15) is 10.0 Å². The molecule has 0 aliphatic carbocycles. The maximum absolute atomic E-state index is 11.7. The Bertz CT molecular complexity index is 433. The Morgan fingerprint density at radius 3 is 2.82 bits per heavy atom. The average Bonchev–Trinajstić information content (AvgIpc) is 2.29. The minimum absolute atomic E-state index is 0.110. The minimum Gasteiger partial charge on any atom is -0.382 e. The number of hydrogen-bond acceptors (Lipinski definition) is 4. The standard InChI is InChI=1S/C10H15ClN2O3S/c1-2-16-7-3-6-13-17(14,15)9-4-5-10(11)12-8-9/h4-5,8,13H,2-3,6-7H2,1H3. The monoisotopic (exact) mass is 278 g/mol. The Hall–Kier alpha value is -0.690. The van der Waals surface area contributed by atoms with E-state index in [9.17, 15) is 8.42 Å². The number of nitrogens with one attached hydrogen (secondary N) is 1. The SMILES string of the molecule is CCOCCCNS(=O)(=O)c1ccc(Cl)nc1. The maximum Gasteiger partial charge on any atom is 0.242 e. The number of halogens is 1. The predicted molar refractivity (Wildman–Crippen MR) is 65.5 cm³/mol. The smallest absolute Gasteiger partial charge is 0.242 e. The third-order valence-electron chi connectivity index (χ3n) is 1.97. The second kappa shape index (κ2) is 6.90. The summed E-state index contributed by atoms with van der Waals surface area (Å²) in [6.07, 6.45) is 1.86. The number of ether oxygens (including phenoxy) is 1. The summed E-state index contributed by atoms with van der Waals surface area (Å²) in [5.74, 6) is 0. The molecule has 0 saturated heterocycles. The lowest BCUT2D eigenvalue weighted by atomic mass is 10.5. The molecular formula is C10H15ClN2O3S. The first-order valence-electron chi connectivity index (χ1n) is 5.25. The molecule has 0 atom stereocenters. The van der Waals surface area contributed by atoms with Crippen LogP contribution < -0.4 is 4.72 Å². The van der Waals surface area contributed by atoms with Crippen molar-refractivity contribution in [2.24, 2.45) is 0 Å². The highest BCUT2D eigenvalue weighted by Crippen LogP contribution is 2.10. The topological polar surface area (TPSA) is 68.3 Å². The highest BCUT2D eigenvalue weighted by molar-refractivity contribution is 7.89. The zero-order valence-electron chi connectivity index (χ0n) is 9.52. The van der Waals surface area contributed by atoms with Crippen molar-refractivity contribution in [1.29, 1.82) is 0 Å². The fourth-order valence-corrected chi connectivity index (χ4v) is 2.26. The van der Waals surface area contributed by atoms with Crippen LogP contribution in [0.5, 0.6) is 0 Å². The molecule has 0 bridgehead atoms. The molecule has 0 fully saturated rings. The summed E-state index contributed by atoms with van der Waals surface area (Å²) in [6.45, 7) is 3.40. The van der Waals surface area contributed by atoms with Gasteiger partial charge in [-0.25, -0.2) is 18.1 Å². The number of hydrogen-bond donors (Lipinski definition) is 1. The summed E-state index contributed by atoms with van der Waals surface area (Å²) in [7, 11) is -3.49. The Balaban J connectivity index is 2.48. The predicted octanol–water partition coefficient (Wildman–Crippen LogP) is 1.44. The fraction of sp³-hybridized carbons (Fsp3) is 0.500. The first kappa shape index (κ1) is 14.4. The number of nitrogens with zero attached hydrogens (tertiary/aromatic N) is 1. The largest absolute Gasteiger partial charge is 0.382 e. The van der Waals surface area contributed by atoms with Crippen molar-refractivity contribution in [2.75, 3.05) is 19.8 Å². The summed E-state index contributed by atoms with van der Waals surface area (Å²) in [5.41, 5.74) is 0. The molecule has 17 heavy (non-hydrogen) atoms. The van der Waals surface area contributed by atoms with Gasteiger partial charge in [-0.2, -0.15) is 0 Å². The lowest BCUT2D eigenvalue weighted by molar-refractivity contribution is 0.146. The summed E-state index contributed by atoms with van der Waals surface area (Å²) in [6, 6.07) is 2.86. The quantitative estimate of drug-likeness (QED) is 0.605. The summed E-state index contributed by atoms with van der Waals surface area (Å²) in [5, 5.41) is 0.264. The molecule has 96 valence electrons. The fourth-order valence-electron chi connectivity index (χ4n) is 1.13. The van der Waals surface area contributed by atoms with Crippen molar-refractivity contribution in [3.8, 4) is 0 Å². The molecule has 0 unspecified atom stereocenters. The average molecular weight is 279 g/mol. The van der Waals surface area contributed by atoms with Gasteiger partial charge in [0.2, 0.25) is 10.0 Å². The van der Waals surface area contributed by atoms with Crippen LogP contribution in [0.4, 0.5) is 0 Å². The van der Waals surface area contributed by atoms with E-state index in [0.717, 1.165) is 0 Å². The first-order chi connectivity index (χ1) is 8.06. The van der Waals surface area contributed by atoms with Crippen LogP contribution in [0.25, 0.3) is 0 Å². The molecule has 0 saturated carbocycles. The Morgan fingerprint density at radius 1 is 1.47 bits per heavy atom. The van der Waals surface area contributed by atoms with Crippen molar-refractivity contribution < 1.29 is 13.2 Å². The molecule has 1 rings (SSSR count). The van der Waals surface area contributed by atoms with Crippen LogP contribution in [-0.2, 0) is 14.8 Å². The Morgan fingerprint density at radius 2 is 2.24 bits per heavy atom. The molecule has 7 heteroatoms. The van der Waals surface area contributed by atoms with E-state index >= 15 is 0 Å². The van der Waals surface area contributed by atoms with Gasteiger partial charge in [-0.05, 0) is 25.5 Å². The highest BCUT2D eigenvalue weighted by atomic mass is 35.5. The van der Waals surface area contributed by atoms with E-state index in [0.29, 0.717) is 26.2 Å². The van der Waals surface area contributed by atoms with Gasteiger partial charge in [0.05, 0.1) is 0 Å². The van der Waals surface area contributed by atoms with Crippen LogP contribution in [0.3, 0.4) is 0 Å². The summed E-state index contributed by atoms with van der Waals surface area (Å²) < 4.78 is 31.1. The molecule has 1 aromatic heterocycles. The van der Waals surface area contributed by atoms with E-state index in [-0.39, 0.29) is 10.0 Å². The number of rotatable bonds is 7. The third-order valence-corrected chi connectivity index (χ3v) is 3.64. The van der Waals surface area contributed by atoms with Gasteiger partial charge < -0.3 is 4.74 Å². The van der Waals surface area contributed by atoms with Crippen molar-refractivity contribution in [1.82, 2.24) is 9.71 Å². The second-order valence-electron chi connectivity index (χ2n) is 3.26. The lowest BCUT2D eigenvalue weighted by Crippen LogP contribution is -2.25. The van der Waals surface area contributed by atoms with Crippen molar-refractivity contribution in [3.05, 3.63) is 23.5 Å². The molecule has 1 N–H and O–H groups in total. The highest BCUT2D eigenvalue weighted by Gasteiger charge is 2.13. The molecule has 0 aromatic carbocycles. The van der Waals surface area contributed by atoms with Gasteiger partial charge in [-0.3, -0.25) is 0 Å². The molecule has 1 aromatic rings. The maximum atomic E-state index is 11.7. The van der Waals surface area contributed by atoms with Crippen LogP contribution in [0.15, 0.2) is 23.2 Å². The minimum atomic E-state index is -3.49. The Labute approximate surface area is 106 Å². The van der Waals surface area contributed by atoms with E-state index < -0.39 is 10.0 Å². The zero-order chi connectivity index (χ0) is 12.7. The normalized spacial score (nSPS) is 11.6. The number of aromatic nitrogens is 1. The van der Waals surface area contributed by atoms with Gasteiger partial charge >= 0.3 is 0 Å². The zero-order valence-corrected chi connectivity index (χ0v) is 11.1. The van der Waals surface area contributed by atoms with E-state index in [2.05, 4.69) is 9.71 Å². The van der Waals surface area contributed by atoms with E-state index in [1.807, 2.05) is 6.92 Å². The van der Waals surface area contributed by atoms with E-state index in [4.69, 9.17) is 16.3 Å². The van der Waals surface area contributed by atoms with Crippen LogP contribution in [-0.4, -0.2) is 33.2 Å². The summed E-state index contributed by atoms with van der Waals surface area (Å²) >= 11 is 5.58. The molecule has 0 radical (unpaired) electrons. The Kier molecular flexibility index (Phi) is 5.84. The van der Waals surface area contributed by atoms with Crippen molar-refractivity contribution in [3.63, 3.8) is 0 Å². The first-order valence-corrected chi connectivity index (χ1v) is 7.11. The molecule has 0 spiro atoms. The van der Waals surface area contributed by atoms with Crippen LogP contribution in [0.2, 0.25) is 5.15 Å².